The van der Waals surface area contributed by atoms with Gasteiger partial charge in [0.1, 0.15) is 5.75 Å². The molecule has 1 heterocycles. The number of nitrogens with one attached hydrogen (secondary N) is 1. The maximum absolute atomic E-state index is 12.2. The normalized spacial score (nSPS) is 16.3. The molecule has 3 rings (SSSR count). The number of ether oxygens (including phenoxy) is 1. The summed E-state index contributed by atoms with van der Waals surface area (Å²) in [6.45, 7) is 4.88. The second-order valence-corrected chi connectivity index (χ2v) is 5.83. The third-order valence-corrected chi connectivity index (χ3v) is 3.99. The van der Waals surface area contributed by atoms with Gasteiger partial charge in [-0.3, -0.25) is 4.79 Å². The number of benzene rings is 2. The number of fused-ring (bicyclic) bond motifs is 1. The number of hydrogen-bond acceptors (Lipinski definition) is 2. The van der Waals surface area contributed by atoms with Crippen molar-refractivity contribution in [2.75, 3.05) is 11.9 Å². The molecule has 0 radical (unpaired) electrons. The molecule has 2 aromatic rings. The van der Waals surface area contributed by atoms with Gasteiger partial charge in [0.25, 0.3) is 0 Å². The van der Waals surface area contributed by atoms with Gasteiger partial charge in [-0.15, -0.1) is 0 Å². The van der Waals surface area contributed by atoms with Gasteiger partial charge in [-0.2, -0.15) is 0 Å². The number of carbonyl (C=O) groups excluding carboxylic acids is 1. The number of carbonyl (C=O) groups is 1. The number of hydrogen-bond donors (Lipinski definition) is 1. The Morgan fingerprint density at radius 1 is 1.14 bits per heavy atom. The summed E-state index contributed by atoms with van der Waals surface area (Å²) in [5.74, 6) is 0.877. The standard InChI is InChI=1S/C19H21NO2/c1-3-10-22-15-7-5-14(6-8-15)12-17-16-11-13(2)4-9-18(16)20-19(17)21/h4-9,11,17H,3,10,12H2,1-2H3,(H,20,21)/t17-/m1/s1. The average Bonchev–Trinajstić information content (AvgIpc) is 2.82. The van der Waals surface area contributed by atoms with E-state index in [0.29, 0.717) is 0 Å². The third kappa shape index (κ3) is 2.98. The highest BCUT2D eigenvalue weighted by molar-refractivity contribution is 6.03. The first-order valence-electron chi connectivity index (χ1n) is 7.80. The molecule has 22 heavy (non-hydrogen) atoms. The van der Waals surface area contributed by atoms with Crippen LogP contribution in [0.1, 0.15) is 36.0 Å². The lowest BCUT2D eigenvalue weighted by atomic mass is 9.92. The van der Waals surface area contributed by atoms with Gasteiger partial charge in [0.2, 0.25) is 5.91 Å². The van der Waals surface area contributed by atoms with Crippen molar-refractivity contribution in [3.63, 3.8) is 0 Å². The molecule has 0 fully saturated rings. The smallest absolute Gasteiger partial charge is 0.232 e. The van der Waals surface area contributed by atoms with E-state index in [1.165, 1.54) is 5.56 Å². The van der Waals surface area contributed by atoms with Gasteiger partial charge >= 0.3 is 0 Å². The van der Waals surface area contributed by atoms with Crippen LogP contribution in [0.15, 0.2) is 42.5 Å². The average molecular weight is 295 g/mol. The Labute approximate surface area is 131 Å². The molecular weight excluding hydrogens is 274 g/mol. The molecule has 114 valence electrons. The zero-order valence-electron chi connectivity index (χ0n) is 13.1. The largest absolute Gasteiger partial charge is 0.494 e. The van der Waals surface area contributed by atoms with Crippen molar-refractivity contribution in [1.29, 1.82) is 0 Å². The maximum Gasteiger partial charge on any atom is 0.232 e. The molecule has 0 unspecified atom stereocenters. The predicted octanol–water partition coefficient (Wildman–Crippen LogP) is 4.06. The molecule has 2 aromatic carbocycles. The molecule has 0 spiro atoms. The van der Waals surface area contributed by atoms with Crippen LogP contribution in [0, 0.1) is 6.92 Å². The second kappa shape index (κ2) is 6.22. The number of rotatable bonds is 5. The zero-order valence-corrected chi connectivity index (χ0v) is 13.1. The van der Waals surface area contributed by atoms with E-state index in [9.17, 15) is 4.79 Å². The van der Waals surface area contributed by atoms with Crippen LogP contribution in [0.2, 0.25) is 0 Å². The van der Waals surface area contributed by atoms with E-state index in [-0.39, 0.29) is 11.8 Å². The zero-order chi connectivity index (χ0) is 15.5. The van der Waals surface area contributed by atoms with E-state index in [1.807, 2.05) is 36.4 Å². The lowest BCUT2D eigenvalue weighted by Crippen LogP contribution is -2.14. The van der Waals surface area contributed by atoms with E-state index in [4.69, 9.17) is 4.74 Å². The van der Waals surface area contributed by atoms with Gasteiger partial charge in [-0.05, 0) is 49.1 Å². The van der Waals surface area contributed by atoms with E-state index >= 15 is 0 Å². The molecule has 1 aliphatic rings. The molecule has 0 aromatic heterocycles. The van der Waals surface area contributed by atoms with E-state index < -0.39 is 0 Å². The summed E-state index contributed by atoms with van der Waals surface area (Å²) >= 11 is 0. The van der Waals surface area contributed by atoms with Crippen molar-refractivity contribution in [3.8, 4) is 5.75 Å². The van der Waals surface area contributed by atoms with Crippen molar-refractivity contribution in [3.05, 3.63) is 59.2 Å². The lowest BCUT2D eigenvalue weighted by molar-refractivity contribution is -0.117. The minimum absolute atomic E-state index is 0.0897. The van der Waals surface area contributed by atoms with Gasteiger partial charge in [0, 0.05) is 5.69 Å². The first-order chi connectivity index (χ1) is 10.7. The van der Waals surface area contributed by atoms with Crippen molar-refractivity contribution < 1.29 is 9.53 Å². The summed E-state index contributed by atoms with van der Waals surface area (Å²) in [4.78, 5) is 12.2. The summed E-state index contributed by atoms with van der Waals surface area (Å²) in [5, 5.41) is 2.97. The molecular formula is C19H21NO2. The van der Waals surface area contributed by atoms with Gasteiger partial charge < -0.3 is 10.1 Å². The number of anilines is 1. The van der Waals surface area contributed by atoms with Gasteiger partial charge in [0.15, 0.2) is 0 Å². The highest BCUT2D eigenvalue weighted by Gasteiger charge is 2.30. The van der Waals surface area contributed by atoms with Crippen molar-refractivity contribution in [1.82, 2.24) is 0 Å². The summed E-state index contributed by atoms with van der Waals surface area (Å²) < 4.78 is 5.59. The van der Waals surface area contributed by atoms with Crippen LogP contribution in [0.3, 0.4) is 0 Å². The van der Waals surface area contributed by atoms with E-state index in [1.54, 1.807) is 0 Å². The molecule has 0 aliphatic carbocycles. The van der Waals surface area contributed by atoms with Gasteiger partial charge in [-0.1, -0.05) is 36.8 Å². The van der Waals surface area contributed by atoms with Gasteiger partial charge in [0.05, 0.1) is 12.5 Å². The predicted molar refractivity (Wildman–Crippen MR) is 88.5 cm³/mol. The van der Waals surface area contributed by atoms with Crippen LogP contribution in [0.4, 0.5) is 5.69 Å². The van der Waals surface area contributed by atoms with Crippen LogP contribution in [0.5, 0.6) is 5.75 Å². The van der Waals surface area contributed by atoms with E-state index in [2.05, 4.69) is 25.2 Å². The highest BCUT2D eigenvalue weighted by atomic mass is 16.5. The summed E-state index contributed by atoms with van der Waals surface area (Å²) in [6.07, 6.45) is 1.72. The molecule has 3 heteroatoms. The van der Waals surface area contributed by atoms with Crippen LogP contribution in [-0.2, 0) is 11.2 Å². The quantitative estimate of drug-likeness (QED) is 0.903. The Hall–Kier alpha value is -2.29. The lowest BCUT2D eigenvalue weighted by Gasteiger charge is -2.10. The van der Waals surface area contributed by atoms with Crippen molar-refractivity contribution in [2.24, 2.45) is 0 Å². The first kappa shape index (κ1) is 14.6. The molecule has 0 saturated carbocycles. The topological polar surface area (TPSA) is 38.3 Å². The molecule has 1 aliphatic heterocycles. The Balaban J connectivity index is 1.76. The van der Waals surface area contributed by atoms with Crippen molar-refractivity contribution in [2.45, 2.75) is 32.6 Å². The minimum Gasteiger partial charge on any atom is -0.494 e. The Morgan fingerprint density at radius 2 is 1.91 bits per heavy atom. The first-order valence-corrected chi connectivity index (χ1v) is 7.80. The summed E-state index contributed by atoms with van der Waals surface area (Å²) in [6, 6.07) is 14.2. The molecule has 1 amide bonds. The fourth-order valence-electron chi connectivity index (χ4n) is 2.83. The van der Waals surface area contributed by atoms with Crippen LogP contribution in [-0.4, -0.2) is 12.5 Å². The maximum atomic E-state index is 12.2. The fourth-order valence-corrected chi connectivity index (χ4v) is 2.83. The second-order valence-electron chi connectivity index (χ2n) is 5.83. The summed E-state index contributed by atoms with van der Waals surface area (Å²) in [5.41, 5.74) is 4.39. The molecule has 0 bridgehead atoms. The summed E-state index contributed by atoms with van der Waals surface area (Å²) in [7, 11) is 0. The molecule has 0 saturated heterocycles. The minimum atomic E-state index is -0.0997. The van der Waals surface area contributed by atoms with Crippen LogP contribution < -0.4 is 10.1 Å². The Morgan fingerprint density at radius 3 is 2.64 bits per heavy atom. The Bertz CT molecular complexity index is 676. The number of aryl methyl sites for hydroxylation is 1. The van der Waals surface area contributed by atoms with Gasteiger partial charge in [-0.25, -0.2) is 0 Å². The monoisotopic (exact) mass is 295 g/mol. The third-order valence-electron chi connectivity index (χ3n) is 3.99. The fraction of sp³-hybridized carbons (Fsp3) is 0.316. The van der Waals surface area contributed by atoms with Crippen LogP contribution >= 0.6 is 0 Å². The van der Waals surface area contributed by atoms with Crippen molar-refractivity contribution >= 4 is 11.6 Å². The van der Waals surface area contributed by atoms with E-state index in [0.717, 1.165) is 42.0 Å². The molecule has 1 N–H and O–H groups in total. The van der Waals surface area contributed by atoms with Crippen LogP contribution in [0.25, 0.3) is 0 Å². The SMILES string of the molecule is CCCOc1ccc(C[C@H]2C(=O)Nc3ccc(C)cc32)cc1. The molecule has 1 atom stereocenters. The highest BCUT2D eigenvalue weighted by Crippen LogP contribution is 2.35. The Kier molecular flexibility index (Phi) is 4.14. The molecule has 3 nitrogen and oxygen atoms in total. The number of amides is 1.